The highest BCUT2D eigenvalue weighted by Gasteiger charge is 2.34. The largest absolute Gasteiger partial charge is 0.493 e. The van der Waals surface area contributed by atoms with E-state index in [2.05, 4.69) is 18.9 Å². The van der Waals surface area contributed by atoms with Gasteiger partial charge in [-0.3, -0.25) is 9.69 Å². The van der Waals surface area contributed by atoms with E-state index < -0.39 is 12.0 Å². The smallest absolute Gasteiger partial charge is 0.325 e. The number of hydrogen-bond donors (Lipinski definition) is 1. The highest BCUT2D eigenvalue weighted by Crippen LogP contribution is 2.33. The second-order valence-electron chi connectivity index (χ2n) is 5.70. The minimum Gasteiger partial charge on any atom is -0.493 e. The average molecular weight is 308 g/mol. The van der Waals surface area contributed by atoms with Gasteiger partial charge in [0.15, 0.2) is 11.5 Å². The van der Waals surface area contributed by atoms with E-state index in [-0.39, 0.29) is 6.04 Å². The number of piperazine rings is 1. The summed E-state index contributed by atoms with van der Waals surface area (Å²) in [7, 11) is 5.17. The molecular formula is C16H24N2O4. The van der Waals surface area contributed by atoms with Crippen LogP contribution in [0.3, 0.4) is 0 Å². The second-order valence-corrected chi connectivity index (χ2v) is 5.70. The zero-order chi connectivity index (χ0) is 16.3. The number of methoxy groups -OCH3 is 2. The normalized spacial score (nSPS) is 21.4. The van der Waals surface area contributed by atoms with Crippen molar-refractivity contribution < 1.29 is 19.4 Å². The molecule has 0 aliphatic carbocycles. The van der Waals surface area contributed by atoms with Crippen LogP contribution in [0.25, 0.3) is 0 Å². The lowest BCUT2D eigenvalue weighted by molar-refractivity contribution is -0.145. The molecule has 2 unspecified atom stereocenters. The predicted molar refractivity (Wildman–Crippen MR) is 83.6 cm³/mol. The Balaban J connectivity index is 2.34. The van der Waals surface area contributed by atoms with Gasteiger partial charge in [0, 0.05) is 25.7 Å². The van der Waals surface area contributed by atoms with Crippen LogP contribution in [0.2, 0.25) is 0 Å². The number of carboxylic acids is 1. The van der Waals surface area contributed by atoms with Gasteiger partial charge in [0.1, 0.15) is 6.04 Å². The summed E-state index contributed by atoms with van der Waals surface area (Å²) >= 11 is 0. The molecule has 1 aliphatic heterocycles. The quantitative estimate of drug-likeness (QED) is 0.889. The summed E-state index contributed by atoms with van der Waals surface area (Å²) in [6.45, 7) is 4.51. The van der Waals surface area contributed by atoms with E-state index in [1.54, 1.807) is 32.4 Å². The Kier molecular flexibility index (Phi) is 5.26. The minimum atomic E-state index is -0.844. The molecule has 6 nitrogen and oxygen atoms in total. The Morgan fingerprint density at radius 2 is 1.95 bits per heavy atom. The topological polar surface area (TPSA) is 62.2 Å². The van der Waals surface area contributed by atoms with Crippen molar-refractivity contribution in [2.75, 3.05) is 40.9 Å². The molecule has 1 aromatic carbocycles. The monoisotopic (exact) mass is 308 g/mol. The third kappa shape index (κ3) is 3.34. The number of likely N-dealkylation sites (N-methyl/N-ethyl adjacent to an activating group) is 1. The molecule has 1 N–H and O–H groups in total. The Labute approximate surface area is 131 Å². The fourth-order valence-corrected chi connectivity index (χ4v) is 3.04. The third-order valence-electron chi connectivity index (χ3n) is 4.17. The summed E-state index contributed by atoms with van der Waals surface area (Å²) in [6, 6.07) is 4.80. The van der Waals surface area contributed by atoms with Crippen LogP contribution in [0, 0.1) is 0 Å². The number of ether oxygens (including phenoxy) is 2. The van der Waals surface area contributed by atoms with Crippen LogP contribution in [0.1, 0.15) is 18.5 Å². The Morgan fingerprint density at radius 1 is 1.27 bits per heavy atom. The van der Waals surface area contributed by atoms with Gasteiger partial charge >= 0.3 is 5.97 Å². The van der Waals surface area contributed by atoms with Crippen molar-refractivity contribution >= 4 is 5.97 Å². The molecule has 0 spiro atoms. The van der Waals surface area contributed by atoms with Crippen LogP contribution in [0.4, 0.5) is 0 Å². The van der Waals surface area contributed by atoms with Gasteiger partial charge in [-0.1, -0.05) is 6.07 Å². The molecule has 1 fully saturated rings. The maximum Gasteiger partial charge on any atom is 0.325 e. The molecular weight excluding hydrogens is 284 g/mol. The Bertz CT molecular complexity index is 535. The van der Waals surface area contributed by atoms with Gasteiger partial charge in [-0.25, -0.2) is 0 Å². The Morgan fingerprint density at radius 3 is 2.50 bits per heavy atom. The Hall–Kier alpha value is -1.79. The van der Waals surface area contributed by atoms with Crippen molar-refractivity contribution in [2.45, 2.75) is 19.0 Å². The molecule has 1 saturated heterocycles. The maximum absolute atomic E-state index is 11.9. The lowest BCUT2D eigenvalue weighted by Crippen LogP contribution is -2.53. The summed E-state index contributed by atoms with van der Waals surface area (Å²) in [5, 5.41) is 9.73. The van der Waals surface area contributed by atoms with Gasteiger partial charge < -0.3 is 19.5 Å². The number of carboxylic acid groups (broad SMARTS) is 1. The first-order valence-corrected chi connectivity index (χ1v) is 7.37. The predicted octanol–water partition coefficient (Wildman–Crippen LogP) is 1.47. The molecule has 0 amide bonds. The van der Waals surface area contributed by atoms with Crippen molar-refractivity contribution in [1.29, 1.82) is 0 Å². The number of aliphatic carboxylic acids is 1. The van der Waals surface area contributed by atoms with Crippen molar-refractivity contribution in [2.24, 2.45) is 0 Å². The molecule has 0 bridgehead atoms. The van der Waals surface area contributed by atoms with E-state index in [4.69, 9.17) is 9.47 Å². The summed E-state index contributed by atoms with van der Waals surface area (Å²) in [5.41, 5.74) is 0.710. The van der Waals surface area contributed by atoms with E-state index in [9.17, 15) is 9.90 Å². The minimum absolute atomic E-state index is 0.174. The summed E-state index contributed by atoms with van der Waals surface area (Å²) in [6.07, 6.45) is 0. The van der Waals surface area contributed by atoms with E-state index in [1.165, 1.54) is 0 Å². The molecule has 1 aromatic rings. The first-order chi connectivity index (χ1) is 10.5. The molecule has 1 aliphatic rings. The first kappa shape index (κ1) is 16.6. The van der Waals surface area contributed by atoms with Crippen molar-refractivity contribution in [3.8, 4) is 11.5 Å². The summed E-state index contributed by atoms with van der Waals surface area (Å²) < 4.78 is 10.5. The second kappa shape index (κ2) is 6.98. The molecule has 0 saturated carbocycles. The zero-order valence-electron chi connectivity index (χ0n) is 13.6. The van der Waals surface area contributed by atoms with E-state index in [0.717, 1.165) is 19.6 Å². The van der Waals surface area contributed by atoms with Crippen LogP contribution in [0.5, 0.6) is 11.5 Å². The van der Waals surface area contributed by atoms with Crippen LogP contribution in [-0.4, -0.2) is 67.8 Å². The van der Waals surface area contributed by atoms with Gasteiger partial charge in [0.2, 0.25) is 0 Å². The van der Waals surface area contributed by atoms with Crippen molar-refractivity contribution in [3.05, 3.63) is 23.8 Å². The number of carbonyl (C=O) groups is 1. The zero-order valence-corrected chi connectivity index (χ0v) is 13.6. The highest BCUT2D eigenvalue weighted by molar-refractivity contribution is 5.76. The molecule has 0 aromatic heterocycles. The summed E-state index contributed by atoms with van der Waals surface area (Å²) in [4.78, 5) is 16.1. The lowest BCUT2D eigenvalue weighted by atomic mass is 10.0. The van der Waals surface area contributed by atoms with Gasteiger partial charge in [-0.05, 0) is 31.7 Å². The highest BCUT2D eigenvalue weighted by atomic mass is 16.5. The molecule has 22 heavy (non-hydrogen) atoms. The van der Waals surface area contributed by atoms with Gasteiger partial charge in [-0.15, -0.1) is 0 Å². The lowest BCUT2D eigenvalue weighted by Gasteiger charge is -2.41. The average Bonchev–Trinajstić information content (AvgIpc) is 2.49. The number of hydrogen-bond acceptors (Lipinski definition) is 5. The third-order valence-corrected chi connectivity index (χ3v) is 4.17. The van der Waals surface area contributed by atoms with Crippen molar-refractivity contribution in [1.82, 2.24) is 9.80 Å². The molecule has 2 rings (SSSR count). The van der Waals surface area contributed by atoms with E-state index >= 15 is 0 Å². The van der Waals surface area contributed by atoms with Gasteiger partial charge in [0.25, 0.3) is 0 Å². The van der Waals surface area contributed by atoms with E-state index in [1.807, 2.05) is 4.90 Å². The fraction of sp³-hybridized carbons (Fsp3) is 0.562. The molecule has 122 valence electrons. The first-order valence-electron chi connectivity index (χ1n) is 7.37. The summed E-state index contributed by atoms with van der Waals surface area (Å²) in [5.74, 6) is 0.304. The maximum atomic E-state index is 11.9. The van der Waals surface area contributed by atoms with Crippen LogP contribution in [0.15, 0.2) is 18.2 Å². The van der Waals surface area contributed by atoms with Crippen LogP contribution in [-0.2, 0) is 4.79 Å². The van der Waals surface area contributed by atoms with Gasteiger partial charge in [-0.2, -0.15) is 0 Å². The van der Waals surface area contributed by atoms with E-state index in [0.29, 0.717) is 17.1 Å². The fourth-order valence-electron chi connectivity index (χ4n) is 3.04. The number of nitrogens with zero attached hydrogens (tertiary/aromatic N) is 2. The number of benzene rings is 1. The van der Waals surface area contributed by atoms with Crippen molar-refractivity contribution in [3.63, 3.8) is 0 Å². The van der Waals surface area contributed by atoms with Crippen LogP contribution < -0.4 is 9.47 Å². The van der Waals surface area contributed by atoms with Gasteiger partial charge in [0.05, 0.1) is 14.2 Å². The van der Waals surface area contributed by atoms with Crippen LogP contribution >= 0.6 is 0 Å². The molecule has 0 radical (unpaired) electrons. The standard InChI is InChI=1S/C16H24N2O4/c1-11-10-17(2)7-8-18(11)15(16(19)20)12-5-6-13(21-3)14(9-12)22-4/h5-6,9,11,15H,7-8,10H2,1-4H3,(H,19,20). The molecule has 6 heteroatoms. The SMILES string of the molecule is COc1ccc(C(C(=O)O)N2CCN(C)CC2C)cc1OC. The number of rotatable bonds is 5. The molecule has 2 atom stereocenters. The molecule has 1 heterocycles.